The predicted molar refractivity (Wildman–Crippen MR) is 78.3 cm³/mol. The van der Waals surface area contributed by atoms with Crippen molar-refractivity contribution in [1.82, 2.24) is 5.32 Å². The zero-order chi connectivity index (χ0) is 14.1. The molecule has 4 nitrogen and oxygen atoms in total. The normalized spacial score (nSPS) is 10.3. The molecule has 19 heavy (non-hydrogen) atoms. The van der Waals surface area contributed by atoms with E-state index in [9.17, 15) is 4.79 Å². The van der Waals surface area contributed by atoms with Gasteiger partial charge in [-0.2, -0.15) is 0 Å². The summed E-state index contributed by atoms with van der Waals surface area (Å²) in [5, 5.41) is 3.33. The lowest BCUT2D eigenvalue weighted by Crippen LogP contribution is -2.16. The first-order valence-electron chi connectivity index (χ1n) is 6.76. The average molecular weight is 264 g/mol. The van der Waals surface area contributed by atoms with Gasteiger partial charge in [0.2, 0.25) is 0 Å². The molecule has 0 fully saturated rings. The Morgan fingerprint density at radius 2 is 1.95 bits per heavy atom. The minimum Gasteiger partial charge on any atom is -0.466 e. The number of hydrogen-bond acceptors (Lipinski definition) is 4. The van der Waals surface area contributed by atoms with Crippen molar-refractivity contribution < 1.29 is 9.53 Å². The molecule has 0 unspecified atom stereocenters. The smallest absolute Gasteiger partial charge is 0.305 e. The maximum absolute atomic E-state index is 11.1. The molecule has 0 atom stereocenters. The van der Waals surface area contributed by atoms with Gasteiger partial charge >= 0.3 is 5.97 Å². The van der Waals surface area contributed by atoms with Crippen LogP contribution in [-0.2, 0) is 16.1 Å². The Morgan fingerprint density at radius 1 is 1.26 bits per heavy atom. The summed E-state index contributed by atoms with van der Waals surface area (Å²) >= 11 is 0. The number of benzene rings is 1. The molecule has 0 aliphatic carbocycles. The van der Waals surface area contributed by atoms with Crippen LogP contribution in [0.4, 0.5) is 5.69 Å². The lowest BCUT2D eigenvalue weighted by Gasteiger charge is -2.12. The summed E-state index contributed by atoms with van der Waals surface area (Å²) < 4.78 is 4.87. The zero-order valence-corrected chi connectivity index (χ0v) is 12.1. The van der Waals surface area contributed by atoms with Crippen LogP contribution in [0.5, 0.6) is 0 Å². The second kappa shape index (κ2) is 8.53. The number of hydrogen-bond donors (Lipinski definition) is 1. The number of esters is 1. The maximum Gasteiger partial charge on any atom is 0.305 e. The molecule has 0 heterocycles. The zero-order valence-electron chi connectivity index (χ0n) is 12.1. The van der Waals surface area contributed by atoms with Crippen LogP contribution in [0.1, 0.15) is 25.3 Å². The fourth-order valence-electron chi connectivity index (χ4n) is 1.74. The Morgan fingerprint density at radius 3 is 2.53 bits per heavy atom. The minimum atomic E-state index is -0.111. The summed E-state index contributed by atoms with van der Waals surface area (Å²) in [6.07, 6.45) is 1.30. The van der Waals surface area contributed by atoms with E-state index >= 15 is 0 Å². The average Bonchev–Trinajstić information content (AvgIpc) is 2.39. The predicted octanol–water partition coefficient (Wildman–Crippen LogP) is 2.19. The van der Waals surface area contributed by atoms with Crippen LogP contribution in [0, 0.1) is 0 Å². The van der Waals surface area contributed by atoms with Crippen molar-refractivity contribution in [2.45, 2.75) is 26.3 Å². The quantitative estimate of drug-likeness (QED) is 0.577. The monoisotopic (exact) mass is 264 g/mol. The van der Waals surface area contributed by atoms with Gasteiger partial charge in [-0.05, 0) is 37.6 Å². The van der Waals surface area contributed by atoms with Crippen molar-refractivity contribution in [1.29, 1.82) is 0 Å². The third-order valence-electron chi connectivity index (χ3n) is 2.82. The molecule has 1 rings (SSSR count). The molecule has 0 amide bonds. The van der Waals surface area contributed by atoms with Crippen LogP contribution >= 0.6 is 0 Å². The molecule has 0 saturated carbocycles. The standard InChI is InChI=1S/C15H24N2O2/c1-4-19-15(18)6-5-11-16-12-13-7-9-14(10-8-13)17(2)3/h7-10,16H,4-6,11-12H2,1-3H3. The van der Waals surface area contributed by atoms with Gasteiger partial charge in [-0.3, -0.25) is 4.79 Å². The first-order valence-corrected chi connectivity index (χ1v) is 6.76. The highest BCUT2D eigenvalue weighted by Gasteiger charge is 2.00. The van der Waals surface area contributed by atoms with E-state index < -0.39 is 0 Å². The van der Waals surface area contributed by atoms with Gasteiger partial charge in [0.25, 0.3) is 0 Å². The molecule has 0 spiro atoms. The minimum absolute atomic E-state index is 0.111. The van der Waals surface area contributed by atoms with Crippen LogP contribution in [0.3, 0.4) is 0 Å². The van der Waals surface area contributed by atoms with Crippen LogP contribution in [0.15, 0.2) is 24.3 Å². The third-order valence-corrected chi connectivity index (χ3v) is 2.82. The van der Waals surface area contributed by atoms with Crippen LogP contribution in [0.2, 0.25) is 0 Å². The molecule has 1 aromatic rings. The van der Waals surface area contributed by atoms with Crippen LogP contribution in [0.25, 0.3) is 0 Å². The van der Waals surface area contributed by atoms with Crippen molar-refractivity contribution in [2.24, 2.45) is 0 Å². The number of carbonyl (C=O) groups is 1. The highest BCUT2D eigenvalue weighted by atomic mass is 16.5. The van der Waals surface area contributed by atoms with E-state index in [1.165, 1.54) is 11.3 Å². The highest BCUT2D eigenvalue weighted by molar-refractivity contribution is 5.69. The molecule has 0 aliphatic heterocycles. The highest BCUT2D eigenvalue weighted by Crippen LogP contribution is 2.11. The van der Waals surface area contributed by atoms with Crippen molar-refractivity contribution >= 4 is 11.7 Å². The largest absolute Gasteiger partial charge is 0.466 e. The molecular formula is C15H24N2O2. The van der Waals surface area contributed by atoms with Crippen molar-refractivity contribution in [2.75, 3.05) is 32.1 Å². The molecule has 4 heteroatoms. The number of ether oxygens (including phenoxy) is 1. The van der Waals surface area contributed by atoms with E-state index in [-0.39, 0.29) is 5.97 Å². The summed E-state index contributed by atoms with van der Waals surface area (Å²) in [6.45, 7) is 3.95. The molecular weight excluding hydrogens is 240 g/mol. The Hall–Kier alpha value is -1.55. The third kappa shape index (κ3) is 6.25. The molecule has 0 bridgehead atoms. The first-order chi connectivity index (χ1) is 9.13. The molecule has 1 aromatic carbocycles. The van der Waals surface area contributed by atoms with Gasteiger partial charge in [0.1, 0.15) is 0 Å². The summed E-state index contributed by atoms with van der Waals surface area (Å²) in [7, 11) is 4.06. The topological polar surface area (TPSA) is 41.6 Å². The molecule has 0 saturated heterocycles. The molecule has 1 N–H and O–H groups in total. The lowest BCUT2D eigenvalue weighted by molar-refractivity contribution is -0.143. The van der Waals surface area contributed by atoms with Crippen LogP contribution < -0.4 is 10.2 Å². The first kappa shape index (κ1) is 15.5. The Kier molecular flexibility index (Phi) is 6.97. The Balaban J connectivity index is 2.17. The van der Waals surface area contributed by atoms with Crippen molar-refractivity contribution in [3.05, 3.63) is 29.8 Å². The van der Waals surface area contributed by atoms with E-state index in [1.54, 1.807) is 0 Å². The summed E-state index contributed by atoms with van der Waals surface area (Å²) in [6, 6.07) is 8.45. The Bertz CT molecular complexity index is 374. The van der Waals surface area contributed by atoms with Crippen LogP contribution in [-0.4, -0.2) is 33.2 Å². The summed E-state index contributed by atoms with van der Waals surface area (Å²) in [5.74, 6) is -0.111. The molecule has 0 aromatic heterocycles. The van der Waals surface area contributed by atoms with Crippen molar-refractivity contribution in [3.63, 3.8) is 0 Å². The van der Waals surface area contributed by atoms with Gasteiger partial charge in [0.05, 0.1) is 6.61 Å². The second-order valence-corrected chi connectivity index (χ2v) is 4.65. The van der Waals surface area contributed by atoms with Gasteiger partial charge in [-0.25, -0.2) is 0 Å². The van der Waals surface area contributed by atoms with Gasteiger partial charge in [-0.15, -0.1) is 0 Å². The number of nitrogens with zero attached hydrogens (tertiary/aromatic N) is 1. The number of nitrogens with one attached hydrogen (secondary N) is 1. The number of rotatable bonds is 8. The Labute approximate surface area is 115 Å². The molecule has 0 aliphatic rings. The fourth-order valence-corrected chi connectivity index (χ4v) is 1.74. The SMILES string of the molecule is CCOC(=O)CCCNCc1ccc(N(C)C)cc1. The van der Waals surface area contributed by atoms with Gasteiger partial charge in [0, 0.05) is 32.7 Å². The van der Waals surface area contributed by atoms with Gasteiger partial charge in [0.15, 0.2) is 0 Å². The van der Waals surface area contributed by atoms with E-state index in [4.69, 9.17) is 4.74 Å². The van der Waals surface area contributed by atoms with Gasteiger partial charge < -0.3 is 15.0 Å². The lowest BCUT2D eigenvalue weighted by atomic mass is 10.2. The van der Waals surface area contributed by atoms with Gasteiger partial charge in [-0.1, -0.05) is 12.1 Å². The number of carbonyl (C=O) groups excluding carboxylic acids is 1. The van der Waals surface area contributed by atoms with E-state index in [1.807, 2.05) is 21.0 Å². The number of anilines is 1. The second-order valence-electron chi connectivity index (χ2n) is 4.65. The fraction of sp³-hybridized carbons (Fsp3) is 0.533. The van der Waals surface area contributed by atoms with Crippen molar-refractivity contribution in [3.8, 4) is 0 Å². The van der Waals surface area contributed by atoms with E-state index in [0.29, 0.717) is 13.0 Å². The summed E-state index contributed by atoms with van der Waals surface area (Å²) in [4.78, 5) is 13.2. The van der Waals surface area contributed by atoms with E-state index in [0.717, 1.165) is 19.5 Å². The van der Waals surface area contributed by atoms with E-state index in [2.05, 4.69) is 34.5 Å². The summed E-state index contributed by atoms with van der Waals surface area (Å²) in [5.41, 5.74) is 2.45. The molecule has 0 radical (unpaired) electrons. The maximum atomic E-state index is 11.1. The molecule has 106 valence electrons.